The maximum Gasteiger partial charge on any atom is 0.246 e. The first-order chi connectivity index (χ1) is 12.6. The van der Waals surface area contributed by atoms with E-state index < -0.39 is 6.04 Å². The van der Waals surface area contributed by atoms with Crippen molar-refractivity contribution in [3.8, 4) is 0 Å². The van der Waals surface area contributed by atoms with Gasteiger partial charge in [-0.25, -0.2) is 0 Å². The largest absolute Gasteiger partial charge is 0.361 e. The zero-order valence-corrected chi connectivity index (χ0v) is 15.4. The van der Waals surface area contributed by atoms with Crippen molar-refractivity contribution < 1.29 is 9.59 Å². The molecule has 0 aliphatic carbocycles. The van der Waals surface area contributed by atoms with Crippen molar-refractivity contribution in [1.82, 2.24) is 14.8 Å². The Bertz CT molecular complexity index is 878. The average Bonchev–Trinajstić information content (AvgIpc) is 3.26. The molecular weight excluding hydrogens is 326 g/mol. The normalized spacial score (nSPS) is 22.8. The van der Waals surface area contributed by atoms with Crippen molar-refractivity contribution in [3.05, 3.63) is 47.7 Å². The second-order valence-corrected chi connectivity index (χ2v) is 7.54. The number of amides is 2. The van der Waals surface area contributed by atoms with Crippen molar-refractivity contribution in [1.29, 1.82) is 0 Å². The molecule has 5 heteroatoms. The topological polar surface area (TPSA) is 56.4 Å². The summed E-state index contributed by atoms with van der Waals surface area (Å²) in [5.74, 6) is 0.198. The Hall–Kier alpha value is -2.56. The molecule has 26 heavy (non-hydrogen) atoms. The second-order valence-electron chi connectivity index (χ2n) is 7.54. The molecule has 2 saturated heterocycles. The number of H-pyrrole nitrogens is 1. The number of aromatic amines is 1. The third-order valence-corrected chi connectivity index (χ3v) is 5.55. The number of fused-ring (bicyclic) bond motifs is 2. The van der Waals surface area contributed by atoms with E-state index in [1.807, 2.05) is 44.3 Å². The third-order valence-electron chi connectivity index (χ3n) is 5.55. The van der Waals surface area contributed by atoms with E-state index >= 15 is 0 Å². The SMILES string of the molecule is CC(C)=CCN1C(=O)[C@@H]2CCCN2C(=O)[C@H]1Cc1c[nH]c2ccccc12. The molecule has 1 N–H and O–H groups in total. The summed E-state index contributed by atoms with van der Waals surface area (Å²) in [5, 5.41) is 1.12. The fourth-order valence-corrected chi connectivity index (χ4v) is 4.16. The van der Waals surface area contributed by atoms with E-state index in [4.69, 9.17) is 0 Å². The molecule has 2 fully saturated rings. The summed E-state index contributed by atoms with van der Waals surface area (Å²) in [6, 6.07) is 7.41. The van der Waals surface area contributed by atoms with Crippen LogP contribution in [0.3, 0.4) is 0 Å². The Labute approximate surface area is 153 Å². The van der Waals surface area contributed by atoms with Crippen LogP contribution < -0.4 is 0 Å². The number of aromatic nitrogens is 1. The van der Waals surface area contributed by atoms with Crippen LogP contribution in [0, 0.1) is 0 Å². The number of nitrogens with one attached hydrogen (secondary N) is 1. The summed E-state index contributed by atoms with van der Waals surface area (Å²) in [5.41, 5.74) is 3.31. The second kappa shape index (κ2) is 6.63. The Balaban J connectivity index is 1.68. The van der Waals surface area contributed by atoms with Gasteiger partial charge in [-0.05, 0) is 38.3 Å². The number of allylic oxidation sites excluding steroid dienone is 1. The standard InChI is InChI=1S/C21H25N3O2/c1-14(2)9-11-24-19(21(26)23-10-5-8-18(23)20(24)25)12-15-13-22-17-7-4-3-6-16(15)17/h3-4,6-7,9,13,18-19,22H,5,8,10-12H2,1-2H3/t18-,19+/m0/s1. The van der Waals surface area contributed by atoms with Gasteiger partial charge >= 0.3 is 0 Å². The number of benzene rings is 1. The van der Waals surface area contributed by atoms with Crippen LogP contribution in [0.4, 0.5) is 0 Å². The molecule has 1 aromatic carbocycles. The molecule has 3 heterocycles. The fourth-order valence-electron chi connectivity index (χ4n) is 4.16. The molecule has 0 saturated carbocycles. The lowest BCUT2D eigenvalue weighted by atomic mass is 9.98. The van der Waals surface area contributed by atoms with E-state index in [0.717, 1.165) is 34.9 Å². The number of carbonyl (C=O) groups excluding carboxylic acids is 2. The van der Waals surface area contributed by atoms with Gasteiger partial charge in [-0.1, -0.05) is 29.8 Å². The highest BCUT2D eigenvalue weighted by atomic mass is 16.2. The molecule has 136 valence electrons. The number of rotatable bonds is 4. The zero-order chi connectivity index (χ0) is 18.3. The minimum Gasteiger partial charge on any atom is -0.361 e. The lowest BCUT2D eigenvalue weighted by molar-refractivity contribution is -0.158. The summed E-state index contributed by atoms with van der Waals surface area (Å²) in [6.07, 6.45) is 6.26. The minimum absolute atomic E-state index is 0.0968. The lowest BCUT2D eigenvalue weighted by Gasteiger charge is -2.42. The van der Waals surface area contributed by atoms with Crippen LogP contribution in [0.15, 0.2) is 42.1 Å². The van der Waals surface area contributed by atoms with Crippen molar-refractivity contribution in [2.24, 2.45) is 0 Å². The predicted octanol–water partition coefficient (Wildman–Crippen LogP) is 2.88. The predicted molar refractivity (Wildman–Crippen MR) is 102 cm³/mol. The monoisotopic (exact) mass is 351 g/mol. The van der Waals surface area contributed by atoms with Crippen LogP contribution in [-0.4, -0.2) is 51.8 Å². The van der Waals surface area contributed by atoms with Gasteiger partial charge in [0.25, 0.3) is 0 Å². The van der Waals surface area contributed by atoms with Gasteiger partial charge in [-0.2, -0.15) is 0 Å². The van der Waals surface area contributed by atoms with Gasteiger partial charge < -0.3 is 14.8 Å². The van der Waals surface area contributed by atoms with Gasteiger partial charge in [0.15, 0.2) is 0 Å². The van der Waals surface area contributed by atoms with Crippen LogP contribution in [0.1, 0.15) is 32.3 Å². The first kappa shape index (κ1) is 16.9. The molecule has 1 aromatic heterocycles. The Kier molecular flexibility index (Phi) is 4.31. The van der Waals surface area contributed by atoms with Crippen LogP contribution in [0.2, 0.25) is 0 Å². The van der Waals surface area contributed by atoms with Gasteiger partial charge in [0.2, 0.25) is 11.8 Å². The number of hydrogen-bond acceptors (Lipinski definition) is 2. The number of hydrogen-bond donors (Lipinski definition) is 1. The molecular formula is C21H25N3O2. The van der Waals surface area contributed by atoms with Gasteiger partial charge in [0.05, 0.1) is 0 Å². The molecule has 2 aromatic rings. The molecule has 0 bridgehead atoms. The Morgan fingerprint density at radius 1 is 1.23 bits per heavy atom. The van der Waals surface area contributed by atoms with Crippen molar-refractivity contribution in [3.63, 3.8) is 0 Å². The highest BCUT2D eigenvalue weighted by Crippen LogP contribution is 2.30. The van der Waals surface area contributed by atoms with Gasteiger partial charge in [0.1, 0.15) is 12.1 Å². The molecule has 5 nitrogen and oxygen atoms in total. The highest BCUT2D eigenvalue weighted by molar-refractivity contribution is 5.98. The van der Waals surface area contributed by atoms with E-state index in [2.05, 4.69) is 11.1 Å². The summed E-state index contributed by atoms with van der Waals surface area (Å²) in [4.78, 5) is 33.1. The van der Waals surface area contributed by atoms with Crippen LogP contribution in [0.25, 0.3) is 10.9 Å². The molecule has 0 radical (unpaired) electrons. The maximum absolute atomic E-state index is 13.2. The number of para-hydroxylation sites is 1. The van der Waals surface area contributed by atoms with Crippen LogP contribution in [0.5, 0.6) is 0 Å². The molecule has 4 rings (SSSR count). The number of piperazine rings is 1. The molecule has 2 atom stereocenters. The number of nitrogens with zero attached hydrogens (tertiary/aromatic N) is 2. The summed E-state index contributed by atoms with van der Waals surface area (Å²) in [7, 11) is 0. The fraction of sp³-hybridized carbons (Fsp3) is 0.429. The maximum atomic E-state index is 13.2. The lowest BCUT2D eigenvalue weighted by Crippen LogP contribution is -2.63. The molecule has 2 aliphatic rings. The molecule has 0 spiro atoms. The van der Waals surface area contributed by atoms with Crippen LogP contribution >= 0.6 is 0 Å². The van der Waals surface area contributed by atoms with E-state index in [0.29, 0.717) is 19.5 Å². The highest BCUT2D eigenvalue weighted by Gasteiger charge is 2.47. The molecule has 2 amide bonds. The number of carbonyl (C=O) groups is 2. The first-order valence-corrected chi connectivity index (χ1v) is 9.35. The minimum atomic E-state index is -0.424. The Morgan fingerprint density at radius 2 is 2.04 bits per heavy atom. The van der Waals surface area contributed by atoms with Crippen LogP contribution in [-0.2, 0) is 16.0 Å². The van der Waals surface area contributed by atoms with Gasteiger partial charge in [-0.3, -0.25) is 9.59 Å². The van der Waals surface area contributed by atoms with Gasteiger partial charge in [-0.15, -0.1) is 0 Å². The van der Waals surface area contributed by atoms with E-state index in [1.165, 1.54) is 0 Å². The van der Waals surface area contributed by atoms with Crippen molar-refractivity contribution in [2.75, 3.05) is 13.1 Å². The summed E-state index contributed by atoms with van der Waals surface area (Å²) in [6.45, 7) is 5.25. The zero-order valence-electron chi connectivity index (χ0n) is 15.4. The van der Waals surface area contributed by atoms with Gasteiger partial charge in [0, 0.05) is 36.6 Å². The smallest absolute Gasteiger partial charge is 0.246 e. The van der Waals surface area contributed by atoms with Crippen molar-refractivity contribution >= 4 is 22.7 Å². The van der Waals surface area contributed by atoms with E-state index in [-0.39, 0.29) is 17.9 Å². The third kappa shape index (κ3) is 2.81. The molecule has 2 aliphatic heterocycles. The summed E-state index contributed by atoms with van der Waals surface area (Å²) >= 11 is 0. The van der Waals surface area contributed by atoms with E-state index in [9.17, 15) is 9.59 Å². The Morgan fingerprint density at radius 3 is 2.85 bits per heavy atom. The first-order valence-electron chi connectivity index (χ1n) is 9.35. The summed E-state index contributed by atoms with van der Waals surface area (Å²) < 4.78 is 0. The average molecular weight is 351 g/mol. The quantitative estimate of drug-likeness (QED) is 0.861. The van der Waals surface area contributed by atoms with E-state index in [1.54, 1.807) is 9.80 Å². The van der Waals surface area contributed by atoms with Crippen molar-refractivity contribution in [2.45, 2.75) is 45.2 Å². The molecule has 0 unspecified atom stereocenters.